The van der Waals surface area contributed by atoms with Crippen molar-refractivity contribution in [1.29, 1.82) is 0 Å². The van der Waals surface area contributed by atoms with Crippen molar-refractivity contribution < 1.29 is 35.9 Å². The number of hydrogen-bond donors (Lipinski definition) is 1. The molecule has 0 bridgehead atoms. The van der Waals surface area contributed by atoms with Crippen LogP contribution in [0.5, 0.6) is 5.75 Å². The number of benzene rings is 2. The number of amides is 1. The highest BCUT2D eigenvalue weighted by molar-refractivity contribution is 5.76. The van der Waals surface area contributed by atoms with E-state index < -0.39 is 36.1 Å². The zero-order valence-electron chi connectivity index (χ0n) is 21.0. The standard InChI is InChI=1S/C26H25F6N5O2/c1-16-5-3-4-6-20(16)22-21(14-34-23(35-22)37-9-7-33-8-10-37)39-24(38)36(2)15-17-11-18(25(27,28)29)13-19(12-17)26(30,31)32/h3-6,11-14,33H,7-10,15H2,1-2H3. The largest absolute Gasteiger partial charge is 0.416 e. The molecule has 0 spiro atoms. The highest BCUT2D eigenvalue weighted by Crippen LogP contribution is 2.37. The average molecular weight is 554 g/mol. The molecule has 7 nitrogen and oxygen atoms in total. The molecule has 13 heteroatoms. The van der Waals surface area contributed by atoms with Gasteiger partial charge in [-0.1, -0.05) is 24.3 Å². The van der Waals surface area contributed by atoms with Crippen molar-refractivity contribution in [3.8, 4) is 17.0 Å². The third-order valence-electron chi connectivity index (χ3n) is 6.12. The van der Waals surface area contributed by atoms with Gasteiger partial charge in [0.15, 0.2) is 5.75 Å². The fraction of sp³-hybridized carbons (Fsp3) is 0.346. The molecule has 0 aliphatic carbocycles. The van der Waals surface area contributed by atoms with Gasteiger partial charge in [-0.25, -0.2) is 14.8 Å². The van der Waals surface area contributed by atoms with Gasteiger partial charge in [0.1, 0.15) is 5.69 Å². The Kier molecular flexibility index (Phi) is 8.00. The third-order valence-corrected chi connectivity index (χ3v) is 6.12. The first-order chi connectivity index (χ1) is 18.3. The quantitative estimate of drug-likeness (QED) is 0.419. The van der Waals surface area contributed by atoms with Crippen LogP contribution >= 0.6 is 0 Å². The molecule has 3 aromatic rings. The number of anilines is 1. The Morgan fingerprint density at radius 2 is 1.64 bits per heavy atom. The van der Waals surface area contributed by atoms with Crippen LogP contribution in [-0.4, -0.2) is 54.2 Å². The van der Waals surface area contributed by atoms with Crippen molar-refractivity contribution in [1.82, 2.24) is 20.2 Å². The monoisotopic (exact) mass is 553 g/mol. The molecule has 2 heterocycles. The van der Waals surface area contributed by atoms with Gasteiger partial charge < -0.3 is 19.9 Å². The van der Waals surface area contributed by atoms with E-state index in [0.29, 0.717) is 42.4 Å². The van der Waals surface area contributed by atoms with E-state index in [4.69, 9.17) is 4.74 Å². The Hall–Kier alpha value is -3.87. The predicted octanol–water partition coefficient (Wildman–Crippen LogP) is 5.53. The molecule has 1 aromatic heterocycles. The topological polar surface area (TPSA) is 70.6 Å². The summed E-state index contributed by atoms with van der Waals surface area (Å²) in [7, 11) is 1.21. The van der Waals surface area contributed by atoms with E-state index in [1.807, 2.05) is 24.0 Å². The number of aromatic nitrogens is 2. The molecule has 39 heavy (non-hydrogen) atoms. The molecule has 1 amide bonds. The number of nitrogens with zero attached hydrogens (tertiary/aromatic N) is 4. The molecule has 208 valence electrons. The van der Waals surface area contributed by atoms with E-state index in [1.165, 1.54) is 13.2 Å². The molecular weight excluding hydrogens is 528 g/mol. The molecule has 1 N–H and O–H groups in total. The predicted molar refractivity (Wildman–Crippen MR) is 131 cm³/mol. The Bertz CT molecular complexity index is 1310. The lowest BCUT2D eigenvalue weighted by atomic mass is 10.0. The second-order valence-corrected chi connectivity index (χ2v) is 9.07. The maximum atomic E-state index is 13.2. The van der Waals surface area contributed by atoms with Crippen LogP contribution in [0.2, 0.25) is 0 Å². The second kappa shape index (κ2) is 11.1. The van der Waals surface area contributed by atoms with E-state index in [9.17, 15) is 31.1 Å². The molecular formula is C26H25F6N5O2. The van der Waals surface area contributed by atoms with Crippen LogP contribution in [0.4, 0.5) is 37.1 Å². The molecule has 0 atom stereocenters. The van der Waals surface area contributed by atoms with Crippen molar-refractivity contribution in [2.75, 3.05) is 38.1 Å². The lowest BCUT2D eigenvalue weighted by Crippen LogP contribution is -2.44. The Balaban J connectivity index is 1.61. The van der Waals surface area contributed by atoms with E-state index >= 15 is 0 Å². The van der Waals surface area contributed by atoms with Gasteiger partial charge in [-0.15, -0.1) is 0 Å². The molecule has 1 saturated heterocycles. The van der Waals surface area contributed by atoms with Crippen LogP contribution < -0.4 is 15.0 Å². The van der Waals surface area contributed by atoms with Crippen LogP contribution in [0.3, 0.4) is 0 Å². The van der Waals surface area contributed by atoms with E-state index in [-0.39, 0.29) is 17.4 Å². The SMILES string of the molecule is Cc1ccccc1-c1nc(N2CCNCC2)ncc1OC(=O)N(C)Cc1cc(C(F)(F)F)cc(C(F)(F)F)c1. The van der Waals surface area contributed by atoms with Crippen LogP contribution in [0, 0.1) is 6.92 Å². The first kappa shape index (κ1) is 28.1. The smallest absolute Gasteiger partial charge is 0.406 e. The Morgan fingerprint density at radius 3 is 2.23 bits per heavy atom. The highest BCUT2D eigenvalue weighted by Gasteiger charge is 2.37. The summed E-state index contributed by atoms with van der Waals surface area (Å²) in [5.41, 5.74) is -1.44. The maximum Gasteiger partial charge on any atom is 0.416 e. The minimum absolute atomic E-state index is 0.0000530. The minimum atomic E-state index is -5.00. The molecule has 1 aliphatic heterocycles. The normalized spacial score (nSPS) is 14.3. The highest BCUT2D eigenvalue weighted by atomic mass is 19.4. The van der Waals surface area contributed by atoms with E-state index in [0.717, 1.165) is 23.6 Å². The fourth-order valence-electron chi connectivity index (χ4n) is 4.11. The van der Waals surface area contributed by atoms with Crippen molar-refractivity contribution >= 4 is 12.0 Å². The van der Waals surface area contributed by atoms with Gasteiger partial charge in [-0.05, 0) is 36.2 Å². The number of rotatable bonds is 5. The Morgan fingerprint density at radius 1 is 1.03 bits per heavy atom. The Labute approximate surface area is 220 Å². The third kappa shape index (κ3) is 6.77. The van der Waals surface area contributed by atoms with Crippen molar-refractivity contribution in [3.05, 3.63) is 70.9 Å². The van der Waals surface area contributed by atoms with E-state index in [1.54, 1.807) is 12.1 Å². The lowest BCUT2D eigenvalue weighted by molar-refractivity contribution is -0.143. The number of piperazine rings is 1. The number of halogens is 6. The lowest BCUT2D eigenvalue weighted by Gasteiger charge is -2.28. The molecule has 1 aliphatic rings. The number of alkyl halides is 6. The summed E-state index contributed by atoms with van der Waals surface area (Å²) in [6, 6.07) is 8.45. The van der Waals surface area contributed by atoms with Crippen LogP contribution in [-0.2, 0) is 18.9 Å². The number of ether oxygens (including phenoxy) is 1. The summed E-state index contributed by atoms with van der Waals surface area (Å²) in [4.78, 5) is 24.7. The molecule has 2 aromatic carbocycles. The van der Waals surface area contributed by atoms with Crippen LogP contribution in [0.15, 0.2) is 48.7 Å². The van der Waals surface area contributed by atoms with E-state index in [2.05, 4.69) is 15.3 Å². The van der Waals surface area contributed by atoms with Gasteiger partial charge >= 0.3 is 18.4 Å². The van der Waals surface area contributed by atoms with Gasteiger partial charge in [0.25, 0.3) is 0 Å². The second-order valence-electron chi connectivity index (χ2n) is 9.07. The van der Waals surface area contributed by atoms with Crippen molar-refractivity contribution in [2.45, 2.75) is 25.8 Å². The maximum absolute atomic E-state index is 13.2. The number of carbonyl (C=O) groups is 1. The van der Waals surface area contributed by atoms with Crippen LogP contribution in [0.1, 0.15) is 22.3 Å². The van der Waals surface area contributed by atoms with Crippen molar-refractivity contribution in [3.63, 3.8) is 0 Å². The zero-order valence-corrected chi connectivity index (χ0v) is 21.0. The van der Waals surface area contributed by atoms with Gasteiger partial charge in [0.2, 0.25) is 5.95 Å². The summed E-state index contributed by atoms with van der Waals surface area (Å²) in [6.07, 6.45) is -9.67. The summed E-state index contributed by atoms with van der Waals surface area (Å²) >= 11 is 0. The number of aryl methyl sites for hydroxylation is 1. The van der Waals surface area contributed by atoms with Crippen molar-refractivity contribution in [2.24, 2.45) is 0 Å². The van der Waals surface area contributed by atoms with Gasteiger partial charge in [0, 0.05) is 45.3 Å². The van der Waals surface area contributed by atoms with Gasteiger partial charge in [-0.3, -0.25) is 0 Å². The number of nitrogens with one attached hydrogen (secondary N) is 1. The first-order valence-electron chi connectivity index (χ1n) is 11.9. The first-order valence-corrected chi connectivity index (χ1v) is 11.9. The van der Waals surface area contributed by atoms with Gasteiger partial charge in [0.05, 0.1) is 17.3 Å². The van der Waals surface area contributed by atoms with Crippen LogP contribution in [0.25, 0.3) is 11.3 Å². The molecule has 1 fully saturated rings. The molecule has 0 unspecified atom stereocenters. The average Bonchev–Trinajstić information content (AvgIpc) is 2.88. The molecule has 0 saturated carbocycles. The fourth-order valence-corrected chi connectivity index (χ4v) is 4.11. The molecule has 0 radical (unpaired) electrons. The van der Waals surface area contributed by atoms with Gasteiger partial charge in [-0.2, -0.15) is 26.3 Å². The summed E-state index contributed by atoms with van der Waals surface area (Å²) < 4.78 is 84.9. The zero-order chi connectivity index (χ0) is 28.4. The number of carbonyl (C=O) groups excluding carboxylic acids is 1. The number of hydrogen-bond acceptors (Lipinski definition) is 6. The molecule has 4 rings (SSSR count). The summed E-state index contributed by atoms with van der Waals surface area (Å²) in [5.74, 6) is 0.437. The summed E-state index contributed by atoms with van der Waals surface area (Å²) in [6.45, 7) is 4.13. The minimum Gasteiger partial charge on any atom is -0.406 e. The summed E-state index contributed by atoms with van der Waals surface area (Å²) in [5, 5.41) is 3.24.